The van der Waals surface area contributed by atoms with Crippen LogP contribution >= 0.6 is 0 Å². The number of hydrogen-bond acceptors (Lipinski definition) is 3. The highest BCUT2D eigenvalue weighted by Gasteiger charge is 2.10. The molecule has 0 aliphatic carbocycles. The molecule has 2 rings (SSSR count). The van der Waals surface area contributed by atoms with Crippen molar-refractivity contribution < 1.29 is 19.4 Å². The first-order valence-electron chi connectivity index (χ1n) is 5.68. The Bertz CT molecular complexity index is 597. The molecule has 96 valence electrons. The fraction of sp³-hybridized carbons (Fsp3) is 0.0667. The number of carboxylic acid groups (broad SMARTS) is 1. The van der Waals surface area contributed by atoms with Gasteiger partial charge in [0.1, 0.15) is 5.75 Å². The molecule has 19 heavy (non-hydrogen) atoms. The highest BCUT2D eigenvalue weighted by Crippen LogP contribution is 2.14. The van der Waals surface area contributed by atoms with Crippen molar-refractivity contribution in [1.29, 1.82) is 0 Å². The lowest BCUT2D eigenvalue weighted by molar-refractivity contribution is 0.0691. The Hall–Kier alpha value is -2.62. The summed E-state index contributed by atoms with van der Waals surface area (Å²) in [5.74, 6) is -1.09. The maximum Gasteiger partial charge on any atom is 0.343 e. The summed E-state index contributed by atoms with van der Waals surface area (Å²) < 4.78 is 5.17. The van der Waals surface area contributed by atoms with Gasteiger partial charge in [-0.15, -0.1) is 0 Å². The molecular weight excluding hydrogens is 244 g/mol. The first-order valence-corrected chi connectivity index (χ1v) is 5.68. The van der Waals surface area contributed by atoms with Crippen LogP contribution in [0.2, 0.25) is 0 Å². The number of aromatic carboxylic acids is 1. The summed E-state index contributed by atoms with van der Waals surface area (Å²) in [7, 11) is 0. The van der Waals surface area contributed by atoms with E-state index in [1.54, 1.807) is 12.1 Å². The third-order valence-electron chi connectivity index (χ3n) is 2.60. The number of carboxylic acids is 1. The quantitative estimate of drug-likeness (QED) is 0.677. The van der Waals surface area contributed by atoms with E-state index in [1.807, 2.05) is 19.1 Å². The summed E-state index contributed by atoms with van der Waals surface area (Å²) in [6.45, 7) is 1.94. The molecule has 4 nitrogen and oxygen atoms in total. The van der Waals surface area contributed by atoms with Gasteiger partial charge in [-0.25, -0.2) is 9.59 Å². The van der Waals surface area contributed by atoms with Gasteiger partial charge in [0, 0.05) is 0 Å². The van der Waals surface area contributed by atoms with Gasteiger partial charge >= 0.3 is 11.9 Å². The first-order chi connectivity index (χ1) is 9.06. The first kappa shape index (κ1) is 12.8. The molecule has 0 saturated carbocycles. The average Bonchev–Trinajstić information content (AvgIpc) is 2.41. The minimum atomic E-state index is -1.03. The number of ether oxygens (including phenoxy) is 1. The van der Waals surface area contributed by atoms with Gasteiger partial charge in [-0.2, -0.15) is 0 Å². The maximum absolute atomic E-state index is 11.8. The predicted molar refractivity (Wildman–Crippen MR) is 69.5 cm³/mol. The SMILES string of the molecule is Cc1ccc(OC(=O)c2ccc(C(=O)O)cc2)cc1. The number of hydrogen-bond donors (Lipinski definition) is 1. The van der Waals surface area contributed by atoms with Crippen LogP contribution in [0.5, 0.6) is 5.75 Å². The lowest BCUT2D eigenvalue weighted by Gasteiger charge is -2.04. The number of benzene rings is 2. The van der Waals surface area contributed by atoms with E-state index in [4.69, 9.17) is 9.84 Å². The second kappa shape index (κ2) is 5.35. The van der Waals surface area contributed by atoms with E-state index in [2.05, 4.69) is 0 Å². The third kappa shape index (κ3) is 3.19. The fourth-order valence-corrected chi connectivity index (χ4v) is 1.52. The minimum absolute atomic E-state index is 0.131. The van der Waals surface area contributed by atoms with Gasteiger partial charge in [-0.1, -0.05) is 17.7 Å². The molecule has 0 spiro atoms. The molecule has 0 unspecified atom stereocenters. The highest BCUT2D eigenvalue weighted by atomic mass is 16.5. The van der Waals surface area contributed by atoms with Crippen molar-refractivity contribution in [2.24, 2.45) is 0 Å². The lowest BCUT2D eigenvalue weighted by Crippen LogP contribution is -2.08. The van der Waals surface area contributed by atoms with Gasteiger partial charge in [-0.05, 0) is 43.3 Å². The molecule has 0 radical (unpaired) electrons. The molecule has 1 N–H and O–H groups in total. The van der Waals surface area contributed by atoms with Gasteiger partial charge in [0.25, 0.3) is 0 Å². The van der Waals surface area contributed by atoms with Crippen molar-refractivity contribution in [2.45, 2.75) is 6.92 Å². The number of carbonyl (C=O) groups is 2. The smallest absolute Gasteiger partial charge is 0.343 e. The Kier molecular flexibility index (Phi) is 3.61. The van der Waals surface area contributed by atoms with Crippen molar-refractivity contribution in [2.75, 3.05) is 0 Å². The molecule has 0 saturated heterocycles. The second-order valence-electron chi connectivity index (χ2n) is 4.09. The van der Waals surface area contributed by atoms with Crippen LogP contribution in [0, 0.1) is 6.92 Å². The van der Waals surface area contributed by atoms with E-state index < -0.39 is 11.9 Å². The molecule has 0 aromatic heterocycles. The predicted octanol–water partition coefficient (Wildman–Crippen LogP) is 2.91. The normalized spacial score (nSPS) is 9.95. The molecule has 4 heteroatoms. The molecule has 2 aromatic carbocycles. The zero-order valence-corrected chi connectivity index (χ0v) is 10.3. The Morgan fingerprint density at radius 1 is 0.895 bits per heavy atom. The summed E-state index contributed by atoms with van der Waals surface area (Å²) in [5, 5.41) is 8.76. The van der Waals surface area contributed by atoms with Crippen molar-refractivity contribution in [3.8, 4) is 5.75 Å². The Balaban J connectivity index is 2.11. The molecule has 0 heterocycles. The van der Waals surface area contributed by atoms with Crippen molar-refractivity contribution in [1.82, 2.24) is 0 Å². The Morgan fingerprint density at radius 3 is 1.95 bits per heavy atom. The van der Waals surface area contributed by atoms with Crippen LogP contribution in [-0.2, 0) is 0 Å². The number of carbonyl (C=O) groups excluding carboxylic acids is 1. The van der Waals surface area contributed by atoms with E-state index in [9.17, 15) is 9.59 Å². The summed E-state index contributed by atoms with van der Waals surface area (Å²) in [4.78, 5) is 22.5. The monoisotopic (exact) mass is 256 g/mol. The Labute approximate surface area is 110 Å². The molecule has 0 bridgehead atoms. The highest BCUT2D eigenvalue weighted by molar-refractivity contribution is 5.93. The van der Waals surface area contributed by atoms with Crippen molar-refractivity contribution in [3.63, 3.8) is 0 Å². The van der Waals surface area contributed by atoms with Crippen LogP contribution in [0.1, 0.15) is 26.3 Å². The van der Waals surface area contributed by atoms with Crippen molar-refractivity contribution in [3.05, 3.63) is 65.2 Å². The number of rotatable bonds is 3. The second-order valence-corrected chi connectivity index (χ2v) is 4.09. The van der Waals surface area contributed by atoms with Gasteiger partial charge in [0.05, 0.1) is 11.1 Å². The van der Waals surface area contributed by atoms with Crippen LogP contribution in [0.25, 0.3) is 0 Å². The molecule has 2 aromatic rings. The Morgan fingerprint density at radius 2 is 1.42 bits per heavy atom. The van der Waals surface area contributed by atoms with Gasteiger partial charge < -0.3 is 9.84 Å². The van der Waals surface area contributed by atoms with Crippen LogP contribution in [-0.4, -0.2) is 17.0 Å². The molecule has 0 aliphatic heterocycles. The summed E-state index contributed by atoms with van der Waals surface area (Å²) in [6.07, 6.45) is 0. The van der Waals surface area contributed by atoms with E-state index in [-0.39, 0.29) is 5.56 Å². The van der Waals surface area contributed by atoms with E-state index in [1.165, 1.54) is 24.3 Å². The number of aryl methyl sites for hydroxylation is 1. The van der Waals surface area contributed by atoms with E-state index in [0.29, 0.717) is 11.3 Å². The van der Waals surface area contributed by atoms with Crippen molar-refractivity contribution >= 4 is 11.9 Å². The zero-order valence-electron chi connectivity index (χ0n) is 10.3. The summed E-state index contributed by atoms with van der Waals surface area (Å²) >= 11 is 0. The number of esters is 1. The molecule has 0 amide bonds. The van der Waals surface area contributed by atoms with Gasteiger partial charge in [0.15, 0.2) is 0 Å². The largest absolute Gasteiger partial charge is 0.478 e. The molecule has 0 atom stereocenters. The minimum Gasteiger partial charge on any atom is -0.478 e. The zero-order chi connectivity index (χ0) is 13.8. The summed E-state index contributed by atoms with van der Waals surface area (Å²) in [6, 6.07) is 12.7. The third-order valence-corrected chi connectivity index (χ3v) is 2.60. The van der Waals surface area contributed by atoms with Crippen LogP contribution < -0.4 is 4.74 Å². The van der Waals surface area contributed by atoms with Crippen LogP contribution in [0.3, 0.4) is 0 Å². The van der Waals surface area contributed by atoms with E-state index >= 15 is 0 Å². The van der Waals surface area contributed by atoms with Gasteiger partial charge in [0.2, 0.25) is 0 Å². The standard InChI is InChI=1S/C15H12O4/c1-10-2-8-13(9-3-10)19-15(18)12-6-4-11(5-7-12)14(16)17/h2-9H,1H3,(H,16,17). The molecule has 0 aliphatic rings. The van der Waals surface area contributed by atoms with Gasteiger partial charge in [-0.3, -0.25) is 0 Å². The molecular formula is C15H12O4. The topological polar surface area (TPSA) is 63.6 Å². The maximum atomic E-state index is 11.8. The lowest BCUT2D eigenvalue weighted by atomic mass is 10.1. The molecule has 0 fully saturated rings. The summed E-state index contributed by atoms with van der Waals surface area (Å²) in [5.41, 5.74) is 1.52. The van der Waals surface area contributed by atoms with E-state index in [0.717, 1.165) is 5.56 Å². The van der Waals surface area contributed by atoms with Crippen LogP contribution in [0.4, 0.5) is 0 Å². The fourth-order valence-electron chi connectivity index (χ4n) is 1.52. The average molecular weight is 256 g/mol. The van der Waals surface area contributed by atoms with Crippen LogP contribution in [0.15, 0.2) is 48.5 Å².